The summed E-state index contributed by atoms with van der Waals surface area (Å²) in [6.07, 6.45) is 6.00. The molecular formula is C13H20N2O2. The maximum absolute atomic E-state index is 5.27. The lowest BCUT2D eigenvalue weighted by molar-refractivity contribution is 0.114. The number of nitrogens with one attached hydrogen (secondary N) is 1. The molecule has 0 aromatic carbocycles. The molecule has 1 rings (SSSR count). The van der Waals surface area contributed by atoms with Gasteiger partial charge in [-0.3, -0.25) is 0 Å². The Kier molecular flexibility index (Phi) is 4.97. The van der Waals surface area contributed by atoms with Crippen LogP contribution in [0.1, 0.15) is 20.8 Å². The fraction of sp³-hybridized carbons (Fsp3) is 0.462. The number of hydrogen-bond donors (Lipinski definition) is 1. The van der Waals surface area contributed by atoms with Gasteiger partial charge in [0, 0.05) is 18.9 Å². The highest BCUT2D eigenvalue weighted by Gasteiger charge is 2.16. The van der Waals surface area contributed by atoms with Crippen LogP contribution in [-0.2, 0) is 9.57 Å². The van der Waals surface area contributed by atoms with Crippen molar-refractivity contribution in [3.05, 3.63) is 35.1 Å². The highest BCUT2D eigenvalue weighted by atomic mass is 16.6. The summed E-state index contributed by atoms with van der Waals surface area (Å²) in [7, 11) is 3.23. The summed E-state index contributed by atoms with van der Waals surface area (Å²) in [5, 5.41) is 7.15. The summed E-state index contributed by atoms with van der Waals surface area (Å²) in [4.78, 5) is 4.80. The highest BCUT2D eigenvalue weighted by molar-refractivity contribution is 6.02. The molecule has 1 heterocycles. The van der Waals surface area contributed by atoms with Gasteiger partial charge in [0.15, 0.2) is 0 Å². The maximum Gasteiger partial charge on any atom is 0.149 e. The fourth-order valence-electron chi connectivity index (χ4n) is 1.84. The summed E-state index contributed by atoms with van der Waals surface area (Å²) in [6.45, 7) is 5.94. The number of dihydropyridines is 1. The first-order valence-corrected chi connectivity index (χ1v) is 5.56. The highest BCUT2D eigenvalue weighted by Crippen LogP contribution is 2.20. The summed E-state index contributed by atoms with van der Waals surface area (Å²) in [5.74, 6) is 0. The van der Waals surface area contributed by atoms with E-state index in [1.807, 2.05) is 33.0 Å². The number of ether oxygens (including phenoxy) is 1. The van der Waals surface area contributed by atoms with Gasteiger partial charge in [-0.15, -0.1) is 0 Å². The van der Waals surface area contributed by atoms with Crippen molar-refractivity contribution in [2.45, 2.75) is 27.0 Å². The molecule has 0 fully saturated rings. The number of hydrogen-bond acceptors (Lipinski definition) is 4. The molecule has 0 aromatic heterocycles. The molecule has 1 N–H and O–H groups in total. The van der Waals surface area contributed by atoms with Gasteiger partial charge in [0.2, 0.25) is 0 Å². The van der Waals surface area contributed by atoms with Crippen molar-refractivity contribution in [2.24, 2.45) is 5.16 Å². The second kappa shape index (κ2) is 6.25. The molecule has 1 atom stereocenters. The van der Waals surface area contributed by atoms with Gasteiger partial charge in [0.05, 0.1) is 5.71 Å². The predicted molar refractivity (Wildman–Crippen MR) is 69.6 cm³/mol. The molecule has 0 aromatic rings. The molecule has 0 amide bonds. The second-order valence-corrected chi connectivity index (χ2v) is 3.83. The third-order valence-electron chi connectivity index (χ3n) is 2.64. The minimum Gasteiger partial charge on any atom is -0.399 e. The molecule has 0 radical (unpaired) electrons. The molecule has 17 heavy (non-hydrogen) atoms. The van der Waals surface area contributed by atoms with Gasteiger partial charge in [-0.1, -0.05) is 11.2 Å². The maximum atomic E-state index is 5.27. The predicted octanol–water partition coefficient (Wildman–Crippen LogP) is 2.36. The van der Waals surface area contributed by atoms with Crippen LogP contribution < -0.4 is 5.32 Å². The normalized spacial score (nSPS) is 21.6. The molecule has 0 bridgehead atoms. The standard InChI is InChI=1S/C13H20N2O2/c1-6-12(10(3)15-17-5)11-7-9(2)13(16-4)14-8-11/h6-8,13-14H,1-5H3/b12-6-,15-10-. The molecule has 0 saturated heterocycles. The Balaban J connectivity index is 2.95. The Morgan fingerprint density at radius 3 is 2.65 bits per heavy atom. The van der Waals surface area contributed by atoms with Crippen LogP contribution in [0.15, 0.2) is 40.2 Å². The monoisotopic (exact) mass is 236 g/mol. The van der Waals surface area contributed by atoms with E-state index < -0.39 is 0 Å². The van der Waals surface area contributed by atoms with E-state index in [0.717, 1.165) is 22.4 Å². The molecule has 0 aliphatic carbocycles. The van der Waals surface area contributed by atoms with E-state index in [0.29, 0.717) is 0 Å². The zero-order chi connectivity index (χ0) is 12.8. The van der Waals surface area contributed by atoms with Crippen LogP contribution in [0.2, 0.25) is 0 Å². The number of oxime groups is 1. The van der Waals surface area contributed by atoms with E-state index >= 15 is 0 Å². The van der Waals surface area contributed by atoms with Gasteiger partial charge in [0.25, 0.3) is 0 Å². The Labute approximate surface area is 103 Å². The minimum absolute atomic E-state index is 0.0449. The van der Waals surface area contributed by atoms with Crippen molar-refractivity contribution in [3.63, 3.8) is 0 Å². The number of nitrogens with zero attached hydrogens (tertiary/aromatic N) is 1. The lowest BCUT2D eigenvalue weighted by atomic mass is 9.98. The smallest absolute Gasteiger partial charge is 0.149 e. The zero-order valence-electron chi connectivity index (χ0n) is 11.1. The van der Waals surface area contributed by atoms with Crippen LogP contribution in [-0.4, -0.2) is 26.2 Å². The van der Waals surface area contributed by atoms with E-state index in [2.05, 4.69) is 16.5 Å². The number of allylic oxidation sites excluding steroid dienone is 4. The zero-order valence-corrected chi connectivity index (χ0v) is 11.1. The third-order valence-corrected chi connectivity index (χ3v) is 2.64. The third kappa shape index (κ3) is 3.20. The summed E-state index contributed by atoms with van der Waals surface area (Å²) >= 11 is 0. The van der Waals surface area contributed by atoms with Crippen LogP contribution in [0.4, 0.5) is 0 Å². The molecular weight excluding hydrogens is 216 g/mol. The van der Waals surface area contributed by atoms with Crippen molar-refractivity contribution in [3.8, 4) is 0 Å². The van der Waals surface area contributed by atoms with Crippen LogP contribution in [0.5, 0.6) is 0 Å². The van der Waals surface area contributed by atoms with Crippen LogP contribution >= 0.6 is 0 Å². The van der Waals surface area contributed by atoms with Crippen LogP contribution in [0.25, 0.3) is 0 Å². The van der Waals surface area contributed by atoms with E-state index in [1.165, 1.54) is 0 Å². The SMILES string of the molecule is C/C=C(C1=CNC(OC)C(C)=C1)/C(C)=N\OC. The van der Waals surface area contributed by atoms with Gasteiger partial charge in [-0.25, -0.2) is 0 Å². The second-order valence-electron chi connectivity index (χ2n) is 3.83. The van der Waals surface area contributed by atoms with Crippen LogP contribution in [0, 0.1) is 0 Å². The quantitative estimate of drug-likeness (QED) is 0.602. The van der Waals surface area contributed by atoms with Gasteiger partial charge in [-0.05, 0) is 38.0 Å². The van der Waals surface area contributed by atoms with Crippen molar-refractivity contribution in [1.82, 2.24) is 5.32 Å². The van der Waals surface area contributed by atoms with Gasteiger partial charge in [-0.2, -0.15) is 0 Å². The summed E-state index contributed by atoms with van der Waals surface area (Å²) in [6, 6.07) is 0. The summed E-state index contributed by atoms with van der Waals surface area (Å²) < 4.78 is 5.27. The molecule has 1 aliphatic heterocycles. The van der Waals surface area contributed by atoms with Crippen molar-refractivity contribution < 1.29 is 9.57 Å². The van der Waals surface area contributed by atoms with E-state index in [4.69, 9.17) is 9.57 Å². The van der Waals surface area contributed by atoms with Crippen molar-refractivity contribution in [2.75, 3.05) is 14.2 Å². The Hall–Kier alpha value is -1.55. The molecule has 0 saturated carbocycles. The van der Waals surface area contributed by atoms with E-state index in [1.54, 1.807) is 14.2 Å². The average Bonchev–Trinajstić information content (AvgIpc) is 2.30. The summed E-state index contributed by atoms with van der Waals surface area (Å²) in [5.41, 5.74) is 4.11. The average molecular weight is 236 g/mol. The molecule has 1 unspecified atom stereocenters. The molecule has 4 nitrogen and oxygen atoms in total. The van der Waals surface area contributed by atoms with Gasteiger partial charge >= 0.3 is 0 Å². The Morgan fingerprint density at radius 2 is 2.18 bits per heavy atom. The van der Waals surface area contributed by atoms with E-state index in [9.17, 15) is 0 Å². The minimum atomic E-state index is -0.0449. The van der Waals surface area contributed by atoms with Crippen molar-refractivity contribution in [1.29, 1.82) is 0 Å². The lowest BCUT2D eigenvalue weighted by Gasteiger charge is -2.23. The van der Waals surface area contributed by atoms with Crippen LogP contribution in [0.3, 0.4) is 0 Å². The first-order valence-electron chi connectivity index (χ1n) is 5.56. The largest absolute Gasteiger partial charge is 0.399 e. The molecule has 94 valence electrons. The Morgan fingerprint density at radius 1 is 1.47 bits per heavy atom. The van der Waals surface area contributed by atoms with Gasteiger partial charge in [0.1, 0.15) is 13.3 Å². The first kappa shape index (κ1) is 13.5. The van der Waals surface area contributed by atoms with E-state index in [-0.39, 0.29) is 6.23 Å². The van der Waals surface area contributed by atoms with Crippen molar-refractivity contribution >= 4 is 5.71 Å². The Bertz CT molecular complexity index is 392. The molecule has 0 spiro atoms. The first-order chi connectivity index (χ1) is 8.13. The molecule has 4 heteroatoms. The lowest BCUT2D eigenvalue weighted by Crippen LogP contribution is -2.30. The number of rotatable bonds is 4. The van der Waals surface area contributed by atoms with Gasteiger partial charge < -0.3 is 14.9 Å². The fourth-order valence-corrected chi connectivity index (χ4v) is 1.84. The molecule has 1 aliphatic rings. The topological polar surface area (TPSA) is 42.8 Å². The number of methoxy groups -OCH3 is 1.